The van der Waals surface area contributed by atoms with Crippen LogP contribution in [-0.4, -0.2) is 37.1 Å². The lowest BCUT2D eigenvalue weighted by atomic mass is 9.95. The zero-order valence-electron chi connectivity index (χ0n) is 18.4. The molecule has 0 bridgehead atoms. The highest BCUT2D eigenvalue weighted by Crippen LogP contribution is 2.37. The molecule has 33 heavy (non-hydrogen) atoms. The van der Waals surface area contributed by atoms with Gasteiger partial charge in [-0.1, -0.05) is 25.4 Å². The Hall–Kier alpha value is -2.48. The lowest BCUT2D eigenvalue weighted by Crippen LogP contribution is -2.38. The van der Waals surface area contributed by atoms with Gasteiger partial charge < -0.3 is 9.64 Å². The summed E-state index contributed by atoms with van der Waals surface area (Å²) in [5.74, 6) is -0.382. The van der Waals surface area contributed by atoms with Gasteiger partial charge in [-0.3, -0.25) is 5.01 Å². The Bertz CT molecular complexity index is 1000. The van der Waals surface area contributed by atoms with Crippen LogP contribution in [0.15, 0.2) is 47.6 Å². The predicted octanol–water partition coefficient (Wildman–Crippen LogP) is 6.68. The van der Waals surface area contributed by atoms with Crippen LogP contribution in [-0.2, 0) is 0 Å². The van der Waals surface area contributed by atoms with Gasteiger partial charge in [0.05, 0.1) is 17.4 Å². The van der Waals surface area contributed by atoms with E-state index in [1.165, 1.54) is 11.1 Å². The standard InChI is InChI=1S/C24H26ClF4N3O/c1-3-21-15(2)23(24(27,28)29)30-32(21)17-5-7-18(8-6-17)33-19-10-12-31(13-11-19)22-9-4-16(25)14-20(22)26/h4-9,14-15,19,21H,3,10-13H2,1-2H3/t15?,21-/m0/s1. The number of anilines is 2. The molecular formula is C24H26ClF4N3O. The molecule has 178 valence electrons. The number of halogens is 5. The minimum absolute atomic E-state index is 0.0208. The maximum Gasteiger partial charge on any atom is 0.431 e. The average Bonchev–Trinajstić information content (AvgIpc) is 3.12. The van der Waals surface area contributed by atoms with E-state index in [1.807, 2.05) is 11.8 Å². The normalized spacial score (nSPS) is 22.0. The highest BCUT2D eigenvalue weighted by atomic mass is 35.5. The fourth-order valence-electron chi connectivity index (χ4n) is 4.59. The summed E-state index contributed by atoms with van der Waals surface area (Å²) in [5.41, 5.74) is 0.401. The smallest absolute Gasteiger partial charge is 0.431 e. The Morgan fingerprint density at radius 2 is 1.76 bits per heavy atom. The van der Waals surface area contributed by atoms with Crippen molar-refractivity contribution in [1.82, 2.24) is 0 Å². The number of piperidine rings is 1. The fourth-order valence-corrected chi connectivity index (χ4v) is 4.75. The molecule has 9 heteroatoms. The molecule has 0 saturated carbocycles. The van der Waals surface area contributed by atoms with Gasteiger partial charge in [0.25, 0.3) is 0 Å². The van der Waals surface area contributed by atoms with Crippen LogP contribution in [0.3, 0.4) is 0 Å². The molecule has 0 aromatic heterocycles. The van der Waals surface area contributed by atoms with Gasteiger partial charge >= 0.3 is 6.18 Å². The number of hydrogen-bond donors (Lipinski definition) is 0. The molecule has 0 radical (unpaired) electrons. The highest BCUT2D eigenvalue weighted by Gasteiger charge is 2.47. The molecule has 4 nitrogen and oxygen atoms in total. The van der Waals surface area contributed by atoms with Crippen molar-refractivity contribution >= 4 is 28.7 Å². The molecule has 1 unspecified atom stereocenters. The fraction of sp³-hybridized carbons (Fsp3) is 0.458. The van der Waals surface area contributed by atoms with E-state index >= 15 is 0 Å². The molecule has 2 aromatic carbocycles. The van der Waals surface area contributed by atoms with Crippen LogP contribution >= 0.6 is 11.6 Å². The Labute approximate surface area is 195 Å². The monoisotopic (exact) mass is 483 g/mol. The van der Waals surface area contributed by atoms with Gasteiger partial charge in [0.2, 0.25) is 0 Å². The number of alkyl halides is 3. The van der Waals surface area contributed by atoms with Crippen molar-refractivity contribution in [1.29, 1.82) is 0 Å². The van der Waals surface area contributed by atoms with E-state index < -0.39 is 17.8 Å². The lowest BCUT2D eigenvalue weighted by Gasteiger charge is -2.34. The maximum absolute atomic E-state index is 14.2. The van der Waals surface area contributed by atoms with Gasteiger partial charge in [-0.05, 0) is 48.9 Å². The first-order valence-corrected chi connectivity index (χ1v) is 11.5. The summed E-state index contributed by atoms with van der Waals surface area (Å²) in [4.78, 5) is 1.98. The van der Waals surface area contributed by atoms with E-state index in [0.717, 1.165) is 12.8 Å². The van der Waals surface area contributed by atoms with Crippen LogP contribution in [0.5, 0.6) is 5.75 Å². The van der Waals surface area contributed by atoms with Gasteiger partial charge in [-0.15, -0.1) is 0 Å². The van der Waals surface area contributed by atoms with Gasteiger partial charge in [0.1, 0.15) is 23.4 Å². The Morgan fingerprint density at radius 3 is 2.33 bits per heavy atom. The molecule has 0 aliphatic carbocycles. The summed E-state index contributed by atoms with van der Waals surface area (Å²) in [6.07, 6.45) is -2.45. The third-order valence-corrected chi connectivity index (χ3v) is 6.58. The van der Waals surface area contributed by atoms with Crippen LogP contribution in [0, 0.1) is 11.7 Å². The topological polar surface area (TPSA) is 28.1 Å². The van der Waals surface area contributed by atoms with E-state index in [-0.39, 0.29) is 18.0 Å². The Morgan fingerprint density at radius 1 is 1.09 bits per heavy atom. The predicted molar refractivity (Wildman–Crippen MR) is 123 cm³/mol. The Balaban J connectivity index is 1.38. The SMILES string of the molecule is CC[C@H]1C(C)C(C(F)(F)F)=NN1c1ccc(OC2CCN(c3ccc(Cl)cc3F)CC2)cc1. The van der Waals surface area contributed by atoms with E-state index in [0.29, 0.717) is 41.7 Å². The molecule has 0 N–H and O–H groups in total. The van der Waals surface area contributed by atoms with Crippen molar-refractivity contribution in [2.75, 3.05) is 23.0 Å². The van der Waals surface area contributed by atoms with E-state index in [1.54, 1.807) is 43.3 Å². The lowest BCUT2D eigenvalue weighted by molar-refractivity contribution is -0.0620. The average molecular weight is 484 g/mol. The molecule has 1 saturated heterocycles. The molecule has 2 aliphatic rings. The quantitative estimate of drug-likeness (QED) is 0.444. The Kier molecular flexibility index (Phi) is 6.75. The molecule has 0 amide bonds. The summed E-state index contributed by atoms with van der Waals surface area (Å²) in [7, 11) is 0. The van der Waals surface area contributed by atoms with Crippen LogP contribution < -0.4 is 14.6 Å². The highest BCUT2D eigenvalue weighted by molar-refractivity contribution is 6.30. The first-order chi connectivity index (χ1) is 15.7. The van der Waals surface area contributed by atoms with Crippen LogP contribution in [0.2, 0.25) is 5.02 Å². The molecule has 4 rings (SSSR count). The van der Waals surface area contributed by atoms with Gasteiger partial charge in [-0.25, -0.2) is 4.39 Å². The van der Waals surface area contributed by atoms with Crippen LogP contribution in [0.4, 0.5) is 28.9 Å². The van der Waals surface area contributed by atoms with Crippen LogP contribution in [0.25, 0.3) is 0 Å². The molecule has 1 fully saturated rings. The first kappa shape index (κ1) is 23.7. The van der Waals surface area contributed by atoms with E-state index in [4.69, 9.17) is 16.3 Å². The van der Waals surface area contributed by atoms with E-state index in [2.05, 4.69) is 5.10 Å². The number of benzene rings is 2. The summed E-state index contributed by atoms with van der Waals surface area (Å²) >= 11 is 5.83. The summed E-state index contributed by atoms with van der Waals surface area (Å²) in [5, 5.41) is 5.73. The first-order valence-electron chi connectivity index (χ1n) is 11.1. The second kappa shape index (κ2) is 9.41. The van der Waals surface area contributed by atoms with Crippen molar-refractivity contribution in [2.45, 2.75) is 51.4 Å². The molecule has 2 atom stereocenters. The van der Waals surface area contributed by atoms with Crippen molar-refractivity contribution in [2.24, 2.45) is 11.0 Å². The largest absolute Gasteiger partial charge is 0.490 e. The number of nitrogens with zero attached hydrogens (tertiary/aromatic N) is 3. The number of rotatable bonds is 5. The van der Waals surface area contributed by atoms with Gasteiger partial charge in [0, 0.05) is 36.9 Å². The summed E-state index contributed by atoms with van der Waals surface area (Å²) in [6.45, 7) is 4.74. The third kappa shape index (κ3) is 5.05. The minimum atomic E-state index is -4.44. The van der Waals surface area contributed by atoms with Crippen molar-refractivity contribution in [3.8, 4) is 5.75 Å². The van der Waals surface area contributed by atoms with Gasteiger partial charge in [0.15, 0.2) is 0 Å². The second-order valence-electron chi connectivity index (χ2n) is 8.49. The van der Waals surface area contributed by atoms with Crippen molar-refractivity contribution < 1.29 is 22.3 Å². The number of hydrogen-bond acceptors (Lipinski definition) is 4. The van der Waals surface area contributed by atoms with Crippen LogP contribution in [0.1, 0.15) is 33.1 Å². The summed E-state index contributed by atoms with van der Waals surface area (Å²) < 4.78 is 60.2. The molecule has 0 spiro atoms. The van der Waals surface area contributed by atoms with Crippen molar-refractivity contribution in [3.63, 3.8) is 0 Å². The zero-order chi connectivity index (χ0) is 23.8. The number of ether oxygens (including phenoxy) is 1. The number of hydrazone groups is 1. The molecule has 2 heterocycles. The van der Waals surface area contributed by atoms with Gasteiger partial charge in [-0.2, -0.15) is 18.3 Å². The zero-order valence-corrected chi connectivity index (χ0v) is 19.2. The molecular weight excluding hydrogens is 458 g/mol. The third-order valence-electron chi connectivity index (χ3n) is 6.34. The summed E-state index contributed by atoms with van der Waals surface area (Å²) in [6, 6.07) is 11.3. The molecule has 2 aliphatic heterocycles. The maximum atomic E-state index is 14.2. The minimum Gasteiger partial charge on any atom is -0.490 e. The van der Waals surface area contributed by atoms with Crippen molar-refractivity contribution in [3.05, 3.63) is 53.3 Å². The van der Waals surface area contributed by atoms with E-state index in [9.17, 15) is 17.6 Å². The molecule has 2 aromatic rings. The second-order valence-corrected chi connectivity index (χ2v) is 8.92.